The summed E-state index contributed by atoms with van der Waals surface area (Å²) < 4.78 is 40.1. The van der Waals surface area contributed by atoms with Crippen LogP contribution >= 0.6 is 0 Å². The highest BCUT2D eigenvalue weighted by molar-refractivity contribution is 5.95. The Labute approximate surface area is 178 Å². The minimum Gasteiger partial charge on any atom is -0.383 e. The van der Waals surface area contributed by atoms with E-state index in [0.29, 0.717) is 29.0 Å². The van der Waals surface area contributed by atoms with Gasteiger partial charge in [-0.05, 0) is 48.6 Å². The van der Waals surface area contributed by atoms with Crippen LogP contribution in [-0.4, -0.2) is 31.7 Å². The normalized spacial score (nSPS) is 13.5. The van der Waals surface area contributed by atoms with Crippen molar-refractivity contribution in [3.8, 4) is 0 Å². The molecule has 2 N–H and O–H groups in total. The summed E-state index contributed by atoms with van der Waals surface area (Å²) in [6, 6.07) is 6.06. The predicted molar refractivity (Wildman–Crippen MR) is 112 cm³/mol. The third kappa shape index (κ3) is 4.87. The van der Waals surface area contributed by atoms with Gasteiger partial charge in [-0.15, -0.1) is 0 Å². The van der Waals surface area contributed by atoms with E-state index in [9.17, 15) is 23.1 Å². The number of rotatable bonds is 4. The number of alkyl halides is 3. The number of halogens is 3. The van der Waals surface area contributed by atoms with Crippen molar-refractivity contribution in [2.45, 2.75) is 53.4 Å². The number of aliphatic hydroxyl groups excluding tert-OH is 1. The molecule has 0 aliphatic carbocycles. The van der Waals surface area contributed by atoms with Gasteiger partial charge in [0.25, 0.3) is 5.91 Å². The van der Waals surface area contributed by atoms with Gasteiger partial charge in [-0.1, -0.05) is 26.8 Å². The first-order chi connectivity index (χ1) is 14.3. The molecule has 0 aromatic carbocycles. The van der Waals surface area contributed by atoms with Gasteiger partial charge in [-0.3, -0.25) is 9.78 Å². The van der Waals surface area contributed by atoms with E-state index in [1.54, 1.807) is 27.7 Å². The average Bonchev–Trinajstić information content (AvgIpc) is 2.95. The molecule has 31 heavy (non-hydrogen) atoms. The molecular weight excluding hydrogens is 409 g/mol. The number of hydrogen-bond acceptors (Lipinski definition) is 4. The number of hydrogen-bond donors (Lipinski definition) is 2. The minimum absolute atomic E-state index is 0.329. The van der Waals surface area contributed by atoms with Crippen LogP contribution < -0.4 is 5.32 Å². The van der Waals surface area contributed by atoms with E-state index >= 15 is 0 Å². The van der Waals surface area contributed by atoms with Crippen LogP contribution in [-0.2, 0) is 17.5 Å². The number of anilines is 1. The second kappa shape index (κ2) is 7.96. The summed E-state index contributed by atoms with van der Waals surface area (Å²) in [6.07, 6.45) is -4.45. The quantitative estimate of drug-likeness (QED) is 0.635. The third-order valence-electron chi connectivity index (χ3n) is 5.05. The Morgan fingerprint density at radius 2 is 1.87 bits per heavy atom. The molecule has 1 atom stereocenters. The lowest BCUT2D eigenvalue weighted by Gasteiger charge is -2.24. The zero-order valence-electron chi connectivity index (χ0n) is 18.0. The van der Waals surface area contributed by atoms with Crippen LogP contribution in [0.1, 0.15) is 43.3 Å². The van der Waals surface area contributed by atoms with Gasteiger partial charge in [0.2, 0.25) is 0 Å². The summed E-state index contributed by atoms with van der Waals surface area (Å²) in [4.78, 5) is 20.4. The number of aromatic nitrogens is 3. The highest BCUT2D eigenvalue weighted by Crippen LogP contribution is 2.28. The fourth-order valence-corrected chi connectivity index (χ4v) is 3.18. The molecule has 1 unspecified atom stereocenters. The maximum absolute atomic E-state index is 12.7. The van der Waals surface area contributed by atoms with Crippen molar-refractivity contribution in [2.24, 2.45) is 5.41 Å². The molecule has 0 saturated heterocycles. The fourth-order valence-electron chi connectivity index (χ4n) is 3.18. The molecule has 0 aliphatic heterocycles. The van der Waals surface area contributed by atoms with Crippen LogP contribution in [0.2, 0.25) is 0 Å². The largest absolute Gasteiger partial charge is 0.433 e. The second-order valence-corrected chi connectivity index (χ2v) is 8.74. The van der Waals surface area contributed by atoms with Crippen LogP contribution in [0.25, 0.3) is 11.0 Å². The van der Waals surface area contributed by atoms with Crippen molar-refractivity contribution in [1.29, 1.82) is 0 Å². The molecule has 3 rings (SSSR count). The van der Waals surface area contributed by atoms with Gasteiger partial charge < -0.3 is 15.0 Å². The standard InChI is InChI=1S/C22H25F3N4O2/c1-12-8-16-15(27-19(12)28-20(31)18(30)21(3,4)5)9-13(2)29(16)11-14-6-7-17(26-10-14)22(23,24)25/h6-10,18,30H,11H2,1-5H3,(H,27,28,31). The van der Waals surface area contributed by atoms with Crippen molar-refractivity contribution < 1.29 is 23.1 Å². The molecule has 166 valence electrons. The van der Waals surface area contributed by atoms with Crippen molar-refractivity contribution in [3.63, 3.8) is 0 Å². The number of amides is 1. The van der Waals surface area contributed by atoms with Crippen LogP contribution in [0.3, 0.4) is 0 Å². The van der Waals surface area contributed by atoms with Gasteiger partial charge in [0.1, 0.15) is 17.6 Å². The Hall–Kier alpha value is -2.94. The monoisotopic (exact) mass is 434 g/mol. The Morgan fingerprint density at radius 1 is 1.19 bits per heavy atom. The smallest absolute Gasteiger partial charge is 0.383 e. The van der Waals surface area contributed by atoms with Crippen molar-refractivity contribution in [3.05, 3.63) is 53.0 Å². The van der Waals surface area contributed by atoms with Gasteiger partial charge in [-0.2, -0.15) is 13.2 Å². The highest BCUT2D eigenvalue weighted by Gasteiger charge is 2.32. The number of nitrogens with zero attached hydrogens (tertiary/aromatic N) is 3. The second-order valence-electron chi connectivity index (χ2n) is 8.74. The molecule has 0 radical (unpaired) electrons. The van der Waals surface area contributed by atoms with Gasteiger partial charge in [-0.25, -0.2) is 4.98 Å². The first kappa shape index (κ1) is 22.7. The lowest BCUT2D eigenvalue weighted by Crippen LogP contribution is -2.38. The zero-order chi connectivity index (χ0) is 23.1. The molecule has 3 heterocycles. The zero-order valence-corrected chi connectivity index (χ0v) is 18.0. The summed E-state index contributed by atoms with van der Waals surface area (Å²) in [5, 5.41) is 12.9. The van der Waals surface area contributed by atoms with E-state index in [1.165, 1.54) is 12.3 Å². The summed E-state index contributed by atoms with van der Waals surface area (Å²) in [6.45, 7) is 9.28. The predicted octanol–water partition coefficient (Wildman–Crippen LogP) is 4.46. The van der Waals surface area contributed by atoms with Crippen LogP contribution in [0.4, 0.5) is 19.0 Å². The molecule has 3 aromatic rings. The number of carbonyl (C=O) groups is 1. The number of carbonyl (C=O) groups excluding carboxylic acids is 1. The summed E-state index contributed by atoms with van der Waals surface area (Å²) in [5.41, 5.74) is 2.05. The molecule has 9 heteroatoms. The summed E-state index contributed by atoms with van der Waals surface area (Å²) in [5.74, 6) is -0.177. The Bertz CT molecular complexity index is 1110. The van der Waals surface area contributed by atoms with Crippen LogP contribution in [0.15, 0.2) is 30.5 Å². The number of aliphatic hydroxyl groups is 1. The van der Waals surface area contributed by atoms with Crippen LogP contribution in [0, 0.1) is 19.3 Å². The minimum atomic E-state index is -4.48. The third-order valence-corrected chi connectivity index (χ3v) is 5.05. The summed E-state index contributed by atoms with van der Waals surface area (Å²) in [7, 11) is 0. The maximum Gasteiger partial charge on any atom is 0.433 e. The number of fused-ring (bicyclic) bond motifs is 1. The Morgan fingerprint density at radius 3 is 2.42 bits per heavy atom. The van der Waals surface area contributed by atoms with Gasteiger partial charge in [0.05, 0.1) is 11.0 Å². The molecule has 6 nitrogen and oxygen atoms in total. The van der Waals surface area contributed by atoms with Gasteiger partial charge >= 0.3 is 6.18 Å². The molecule has 0 fully saturated rings. The van der Waals surface area contributed by atoms with Gasteiger partial charge in [0, 0.05) is 18.4 Å². The number of pyridine rings is 2. The number of nitrogens with one attached hydrogen (secondary N) is 1. The van der Waals surface area contributed by atoms with Crippen molar-refractivity contribution >= 4 is 22.8 Å². The highest BCUT2D eigenvalue weighted by atomic mass is 19.4. The lowest BCUT2D eigenvalue weighted by atomic mass is 9.88. The molecule has 0 bridgehead atoms. The van der Waals surface area contributed by atoms with E-state index in [1.807, 2.05) is 23.6 Å². The molecular formula is C22H25F3N4O2. The van der Waals surface area contributed by atoms with Crippen LogP contribution in [0.5, 0.6) is 0 Å². The summed E-state index contributed by atoms with van der Waals surface area (Å²) >= 11 is 0. The molecule has 0 spiro atoms. The topological polar surface area (TPSA) is 80.0 Å². The molecule has 0 saturated carbocycles. The lowest BCUT2D eigenvalue weighted by molar-refractivity contribution is -0.141. The van der Waals surface area contributed by atoms with Crippen molar-refractivity contribution in [1.82, 2.24) is 14.5 Å². The fraction of sp³-hybridized carbons (Fsp3) is 0.409. The molecule has 0 aliphatic rings. The average molecular weight is 434 g/mol. The molecule has 3 aromatic heterocycles. The SMILES string of the molecule is Cc1cc2c(cc(C)n2Cc2ccc(C(F)(F)F)nc2)nc1NC(=O)C(O)C(C)(C)C. The maximum atomic E-state index is 12.7. The van der Waals surface area contributed by atoms with Crippen molar-refractivity contribution in [2.75, 3.05) is 5.32 Å². The van der Waals surface area contributed by atoms with E-state index in [0.717, 1.165) is 17.3 Å². The Kier molecular flexibility index (Phi) is 5.84. The number of aryl methyl sites for hydroxylation is 2. The van der Waals surface area contributed by atoms with E-state index in [2.05, 4.69) is 15.3 Å². The molecule has 1 amide bonds. The first-order valence-corrected chi connectivity index (χ1v) is 9.76. The van der Waals surface area contributed by atoms with E-state index < -0.39 is 29.3 Å². The first-order valence-electron chi connectivity index (χ1n) is 9.76. The van der Waals surface area contributed by atoms with E-state index in [-0.39, 0.29) is 0 Å². The van der Waals surface area contributed by atoms with Gasteiger partial charge in [0.15, 0.2) is 0 Å². The Balaban J connectivity index is 1.89. The van der Waals surface area contributed by atoms with E-state index in [4.69, 9.17) is 0 Å².